The van der Waals surface area contributed by atoms with Crippen molar-refractivity contribution >= 4 is 49.9 Å². The summed E-state index contributed by atoms with van der Waals surface area (Å²) in [5.74, 6) is -0.865. The monoisotopic (exact) mass is 377 g/mol. The molecule has 1 aromatic carbocycles. The van der Waals surface area contributed by atoms with E-state index in [1.807, 2.05) is 6.92 Å². The maximum absolute atomic E-state index is 14.0. The van der Waals surface area contributed by atoms with Gasteiger partial charge < -0.3 is 4.57 Å². The Morgan fingerprint density at radius 2 is 2.16 bits per heavy atom. The van der Waals surface area contributed by atoms with Crippen LogP contribution in [0.5, 0.6) is 0 Å². The van der Waals surface area contributed by atoms with Gasteiger partial charge in [0.2, 0.25) is 0 Å². The molecule has 128 valence electrons. The molecule has 25 heavy (non-hydrogen) atoms. The summed E-state index contributed by atoms with van der Waals surface area (Å²) in [6.07, 6.45) is 2.73. The lowest BCUT2D eigenvalue weighted by Gasteiger charge is -2.00. The van der Waals surface area contributed by atoms with E-state index in [1.165, 1.54) is 35.6 Å². The van der Waals surface area contributed by atoms with Gasteiger partial charge in [0.1, 0.15) is 5.82 Å². The van der Waals surface area contributed by atoms with Gasteiger partial charge >= 0.3 is 5.00 Å². The molecule has 0 spiro atoms. The van der Waals surface area contributed by atoms with Crippen molar-refractivity contribution in [2.75, 3.05) is 0 Å². The van der Waals surface area contributed by atoms with Gasteiger partial charge in [-0.15, -0.1) is 0 Å². The molecule has 0 saturated heterocycles. The number of hydrogen-bond acceptors (Lipinski definition) is 5. The minimum absolute atomic E-state index is 0.00726. The van der Waals surface area contributed by atoms with Crippen LogP contribution in [0.4, 0.5) is 9.39 Å². The first kappa shape index (κ1) is 17.2. The van der Waals surface area contributed by atoms with E-state index >= 15 is 0 Å². The van der Waals surface area contributed by atoms with Gasteiger partial charge in [-0.3, -0.25) is 14.9 Å². The van der Waals surface area contributed by atoms with Crippen LogP contribution in [-0.4, -0.2) is 15.4 Å². The number of thiazole rings is 1. The van der Waals surface area contributed by atoms with Crippen molar-refractivity contribution in [3.8, 4) is 0 Å². The van der Waals surface area contributed by atoms with E-state index in [-0.39, 0.29) is 10.8 Å². The summed E-state index contributed by atoms with van der Waals surface area (Å²) >= 11 is 2.21. The zero-order chi connectivity index (χ0) is 18.0. The topological polar surface area (TPSA) is 77.5 Å². The maximum atomic E-state index is 14.0. The first-order chi connectivity index (χ1) is 12.0. The quantitative estimate of drug-likeness (QED) is 0.392. The van der Waals surface area contributed by atoms with E-state index in [4.69, 9.17) is 0 Å². The fraction of sp³-hybridized carbons (Fsp3) is 0.125. The second-order valence-corrected chi connectivity index (χ2v) is 7.03. The summed E-state index contributed by atoms with van der Waals surface area (Å²) in [7, 11) is 0. The van der Waals surface area contributed by atoms with Crippen LogP contribution in [0.1, 0.15) is 11.8 Å². The lowest BCUT2D eigenvalue weighted by atomic mass is 10.3. The molecule has 6 nitrogen and oxygen atoms in total. The normalized spacial score (nSPS) is 12.3. The third-order valence-electron chi connectivity index (χ3n) is 3.36. The van der Waals surface area contributed by atoms with E-state index in [1.54, 1.807) is 22.8 Å². The molecule has 2 aromatic heterocycles. The van der Waals surface area contributed by atoms with Crippen LogP contribution in [-0.2, 0) is 11.3 Å². The molecule has 0 radical (unpaired) electrons. The third-order valence-corrected chi connectivity index (χ3v) is 5.40. The molecule has 0 aliphatic rings. The molecule has 0 unspecified atom stereocenters. The Morgan fingerprint density at radius 3 is 2.84 bits per heavy atom. The van der Waals surface area contributed by atoms with Gasteiger partial charge in [-0.1, -0.05) is 28.7 Å². The number of thiophene rings is 1. The number of carbonyl (C=O) groups is 1. The molecule has 0 bridgehead atoms. The highest BCUT2D eigenvalue weighted by molar-refractivity contribution is 7.16. The van der Waals surface area contributed by atoms with Crippen LogP contribution >= 0.6 is 22.7 Å². The summed E-state index contributed by atoms with van der Waals surface area (Å²) in [6, 6.07) is 7.71. The Kier molecular flexibility index (Phi) is 4.86. The smallest absolute Gasteiger partial charge is 0.314 e. The number of carbonyl (C=O) groups excluding carboxylic acids is 1. The number of para-hydroxylation sites is 1. The average Bonchev–Trinajstić information content (AvgIpc) is 3.17. The second-order valence-electron chi connectivity index (χ2n) is 4.93. The number of rotatable bonds is 4. The van der Waals surface area contributed by atoms with Gasteiger partial charge in [0.25, 0.3) is 5.91 Å². The molecule has 0 aliphatic carbocycles. The summed E-state index contributed by atoms with van der Waals surface area (Å²) in [6.45, 7) is 2.33. The second kappa shape index (κ2) is 7.08. The highest BCUT2D eigenvalue weighted by atomic mass is 32.1. The minimum Gasteiger partial charge on any atom is -0.314 e. The van der Waals surface area contributed by atoms with E-state index in [2.05, 4.69) is 4.99 Å². The predicted octanol–water partition coefficient (Wildman–Crippen LogP) is 3.97. The van der Waals surface area contributed by atoms with Gasteiger partial charge in [0.05, 0.1) is 15.1 Å². The Labute approximate surface area is 149 Å². The molecule has 2 heterocycles. The molecule has 0 N–H and O–H groups in total. The molecular formula is C16H12FN3O3S2. The van der Waals surface area contributed by atoms with Gasteiger partial charge in [-0.05, 0) is 31.2 Å². The maximum Gasteiger partial charge on any atom is 0.324 e. The van der Waals surface area contributed by atoms with Crippen LogP contribution in [0.2, 0.25) is 0 Å². The van der Waals surface area contributed by atoms with Crippen LogP contribution in [0.15, 0.2) is 41.4 Å². The SMILES string of the molecule is CCn1c(=NC(=O)/C=C/c2ccc([N+](=O)[O-])s2)sc2cccc(F)c21. The molecule has 0 saturated carbocycles. The molecular weight excluding hydrogens is 365 g/mol. The zero-order valence-electron chi connectivity index (χ0n) is 13.0. The Balaban J connectivity index is 1.93. The van der Waals surface area contributed by atoms with E-state index in [0.717, 1.165) is 11.3 Å². The zero-order valence-corrected chi connectivity index (χ0v) is 14.6. The van der Waals surface area contributed by atoms with Gasteiger partial charge in [0, 0.05) is 23.6 Å². The molecule has 0 atom stereocenters. The summed E-state index contributed by atoms with van der Waals surface area (Å²) in [4.78, 5) is 27.3. The van der Waals surface area contributed by atoms with Crippen molar-refractivity contribution in [1.29, 1.82) is 0 Å². The summed E-state index contributed by atoms with van der Waals surface area (Å²) in [5.41, 5.74) is 0.430. The Hall–Kier alpha value is -2.65. The van der Waals surface area contributed by atoms with Crippen LogP contribution < -0.4 is 4.80 Å². The molecule has 0 fully saturated rings. The minimum atomic E-state index is -0.509. The van der Waals surface area contributed by atoms with Crippen LogP contribution in [0.25, 0.3) is 16.3 Å². The highest BCUT2D eigenvalue weighted by Gasteiger charge is 2.10. The standard InChI is InChI=1S/C16H12FN3O3S2/c1-2-19-15-11(17)4-3-5-12(15)25-16(19)18-13(21)8-6-10-7-9-14(24-10)20(22)23/h3-9H,2H2,1H3/b8-6+,18-16?. The van der Waals surface area contributed by atoms with E-state index in [9.17, 15) is 19.3 Å². The summed E-state index contributed by atoms with van der Waals surface area (Å²) in [5, 5.41) is 10.7. The van der Waals surface area contributed by atoms with Crippen molar-refractivity contribution in [1.82, 2.24) is 4.57 Å². The van der Waals surface area contributed by atoms with Crippen LogP contribution in [0.3, 0.4) is 0 Å². The van der Waals surface area contributed by atoms with Crippen molar-refractivity contribution in [3.05, 3.63) is 62.0 Å². The number of halogens is 1. The van der Waals surface area contributed by atoms with Crippen molar-refractivity contribution < 1.29 is 14.1 Å². The average molecular weight is 377 g/mol. The third kappa shape index (κ3) is 3.57. The number of aromatic nitrogens is 1. The molecule has 0 aliphatic heterocycles. The fourth-order valence-corrected chi connectivity index (χ4v) is 4.12. The highest BCUT2D eigenvalue weighted by Crippen LogP contribution is 2.25. The molecule has 1 amide bonds. The number of aryl methyl sites for hydroxylation is 1. The fourth-order valence-electron chi connectivity index (χ4n) is 2.28. The number of hydrogen-bond donors (Lipinski definition) is 0. The first-order valence-electron chi connectivity index (χ1n) is 7.28. The Morgan fingerprint density at radius 1 is 1.36 bits per heavy atom. The van der Waals surface area contributed by atoms with Gasteiger partial charge in [0.15, 0.2) is 4.80 Å². The largest absolute Gasteiger partial charge is 0.324 e. The van der Waals surface area contributed by atoms with Crippen LogP contribution in [0, 0.1) is 15.9 Å². The van der Waals surface area contributed by atoms with Crippen molar-refractivity contribution in [2.24, 2.45) is 4.99 Å². The van der Waals surface area contributed by atoms with E-state index in [0.29, 0.717) is 26.4 Å². The van der Waals surface area contributed by atoms with E-state index < -0.39 is 10.8 Å². The lowest BCUT2D eigenvalue weighted by molar-refractivity contribution is -0.380. The molecule has 3 aromatic rings. The predicted molar refractivity (Wildman–Crippen MR) is 96.0 cm³/mol. The number of amides is 1. The number of nitrogens with zero attached hydrogens (tertiary/aromatic N) is 3. The van der Waals surface area contributed by atoms with Crippen molar-refractivity contribution in [3.63, 3.8) is 0 Å². The number of benzene rings is 1. The van der Waals surface area contributed by atoms with Gasteiger partial charge in [-0.25, -0.2) is 4.39 Å². The number of nitro groups is 1. The van der Waals surface area contributed by atoms with Crippen molar-refractivity contribution in [2.45, 2.75) is 13.5 Å². The number of fused-ring (bicyclic) bond motifs is 1. The first-order valence-corrected chi connectivity index (χ1v) is 8.91. The van der Waals surface area contributed by atoms with Gasteiger partial charge in [-0.2, -0.15) is 4.99 Å². The molecule has 9 heteroatoms. The molecule has 3 rings (SSSR count). The summed E-state index contributed by atoms with van der Waals surface area (Å²) < 4.78 is 16.4. The lowest BCUT2D eigenvalue weighted by Crippen LogP contribution is -2.15. The Bertz CT molecular complexity index is 1060.